The zero-order chi connectivity index (χ0) is 16.5. The van der Waals surface area contributed by atoms with E-state index in [9.17, 15) is 0 Å². The first-order valence-corrected chi connectivity index (χ1v) is 8.14. The molecule has 118 valence electrons. The minimum absolute atomic E-state index is 0.778. The van der Waals surface area contributed by atoms with Gasteiger partial charge in [-0.1, -0.05) is 30.3 Å². The van der Waals surface area contributed by atoms with Gasteiger partial charge in [0.1, 0.15) is 5.65 Å². The first-order valence-electron chi connectivity index (χ1n) is 8.14. The molecule has 3 heterocycles. The van der Waals surface area contributed by atoms with E-state index in [0.29, 0.717) is 0 Å². The molecule has 1 aromatic carbocycles. The third-order valence-electron chi connectivity index (χ3n) is 4.36. The van der Waals surface area contributed by atoms with E-state index in [1.165, 1.54) is 27.8 Å². The van der Waals surface area contributed by atoms with Crippen molar-refractivity contribution >= 4 is 5.65 Å². The summed E-state index contributed by atoms with van der Waals surface area (Å²) in [6, 6.07) is 14.9. The molecule has 0 N–H and O–H groups in total. The number of imidazole rings is 1. The van der Waals surface area contributed by atoms with E-state index >= 15 is 0 Å². The van der Waals surface area contributed by atoms with Gasteiger partial charge < -0.3 is 4.40 Å². The Balaban J connectivity index is 1.83. The normalized spacial score (nSPS) is 11.1. The summed E-state index contributed by atoms with van der Waals surface area (Å²) in [6.07, 6.45) is 8.70. The molecule has 24 heavy (non-hydrogen) atoms. The summed E-state index contributed by atoms with van der Waals surface area (Å²) in [5.74, 6) is 0. The lowest BCUT2D eigenvalue weighted by molar-refractivity contribution is 1.04. The summed E-state index contributed by atoms with van der Waals surface area (Å²) >= 11 is 0. The van der Waals surface area contributed by atoms with E-state index in [1.807, 2.05) is 18.6 Å². The van der Waals surface area contributed by atoms with Gasteiger partial charge in [0.2, 0.25) is 0 Å². The average molecular weight is 313 g/mol. The second-order valence-corrected chi connectivity index (χ2v) is 6.23. The van der Waals surface area contributed by atoms with E-state index in [4.69, 9.17) is 0 Å². The average Bonchev–Trinajstić information content (AvgIpc) is 3.06. The molecule has 3 heteroatoms. The topological polar surface area (TPSA) is 30.2 Å². The fraction of sp³-hybridized carbons (Fsp3) is 0.143. The number of hydrogen-bond acceptors (Lipinski definition) is 2. The van der Waals surface area contributed by atoms with Crippen molar-refractivity contribution in [2.24, 2.45) is 0 Å². The van der Waals surface area contributed by atoms with Crippen molar-refractivity contribution in [3.05, 3.63) is 89.6 Å². The molecule has 0 fully saturated rings. The van der Waals surface area contributed by atoms with Gasteiger partial charge in [0.05, 0.1) is 0 Å². The third kappa shape index (κ3) is 2.69. The van der Waals surface area contributed by atoms with Gasteiger partial charge in [-0.05, 0) is 48.2 Å². The highest BCUT2D eigenvalue weighted by atomic mass is 15.0. The van der Waals surface area contributed by atoms with Crippen LogP contribution in [-0.2, 0) is 6.42 Å². The fourth-order valence-electron chi connectivity index (χ4n) is 3.08. The van der Waals surface area contributed by atoms with Crippen molar-refractivity contribution in [1.29, 1.82) is 0 Å². The highest BCUT2D eigenvalue weighted by Crippen LogP contribution is 2.26. The summed E-state index contributed by atoms with van der Waals surface area (Å²) in [5, 5.41) is 0. The van der Waals surface area contributed by atoms with Crippen LogP contribution in [0.25, 0.3) is 16.8 Å². The zero-order valence-corrected chi connectivity index (χ0v) is 13.9. The van der Waals surface area contributed by atoms with Gasteiger partial charge in [0, 0.05) is 42.5 Å². The molecule has 0 saturated carbocycles. The van der Waals surface area contributed by atoms with Crippen molar-refractivity contribution in [3.8, 4) is 11.1 Å². The molecule has 0 atom stereocenters. The molecule has 0 spiro atoms. The number of hydrogen-bond donors (Lipinski definition) is 0. The monoisotopic (exact) mass is 313 g/mol. The maximum atomic E-state index is 4.55. The molecule has 0 aliphatic rings. The Hall–Kier alpha value is -2.94. The number of aromatic nitrogens is 3. The Morgan fingerprint density at radius 1 is 1.00 bits per heavy atom. The van der Waals surface area contributed by atoms with E-state index in [1.54, 1.807) is 0 Å². The van der Waals surface area contributed by atoms with Crippen LogP contribution in [0.2, 0.25) is 0 Å². The Morgan fingerprint density at radius 3 is 2.67 bits per heavy atom. The molecule has 0 amide bonds. The molecule has 4 rings (SSSR count). The smallest absolute Gasteiger partial charge is 0.140 e. The molecular formula is C21H19N3. The number of nitrogens with zero attached hydrogens (tertiary/aromatic N) is 3. The number of pyridine rings is 2. The summed E-state index contributed by atoms with van der Waals surface area (Å²) in [7, 11) is 0. The van der Waals surface area contributed by atoms with Gasteiger partial charge in [0.15, 0.2) is 0 Å². The van der Waals surface area contributed by atoms with Crippen molar-refractivity contribution in [2.45, 2.75) is 20.3 Å². The molecular weight excluding hydrogens is 294 g/mol. The number of aryl methyl sites for hydroxylation is 2. The van der Waals surface area contributed by atoms with Gasteiger partial charge >= 0.3 is 0 Å². The summed E-state index contributed by atoms with van der Waals surface area (Å²) < 4.78 is 2.10. The maximum Gasteiger partial charge on any atom is 0.140 e. The number of rotatable bonds is 3. The highest BCUT2D eigenvalue weighted by Gasteiger charge is 2.10. The molecule has 0 aliphatic carbocycles. The van der Waals surface area contributed by atoms with Crippen LogP contribution in [0.4, 0.5) is 0 Å². The van der Waals surface area contributed by atoms with Gasteiger partial charge in [-0.25, -0.2) is 4.98 Å². The van der Waals surface area contributed by atoms with Crippen LogP contribution in [0.1, 0.15) is 22.4 Å². The minimum atomic E-state index is 0.778. The van der Waals surface area contributed by atoms with Gasteiger partial charge in [-0.3, -0.25) is 4.98 Å². The lowest BCUT2D eigenvalue weighted by atomic mass is 9.99. The van der Waals surface area contributed by atoms with Crippen LogP contribution >= 0.6 is 0 Å². The van der Waals surface area contributed by atoms with E-state index in [0.717, 1.165) is 17.8 Å². The van der Waals surface area contributed by atoms with Gasteiger partial charge in [-0.15, -0.1) is 0 Å². The molecule has 3 nitrogen and oxygen atoms in total. The maximum absolute atomic E-state index is 4.55. The van der Waals surface area contributed by atoms with Crippen LogP contribution in [0.15, 0.2) is 67.3 Å². The van der Waals surface area contributed by atoms with Crippen LogP contribution in [-0.4, -0.2) is 14.4 Å². The second-order valence-electron chi connectivity index (χ2n) is 6.23. The quantitative estimate of drug-likeness (QED) is 0.553. The molecule has 4 aromatic rings. The van der Waals surface area contributed by atoms with Gasteiger partial charge in [0.25, 0.3) is 0 Å². The number of fused-ring (bicyclic) bond motifs is 1. The Morgan fingerprint density at radius 2 is 1.88 bits per heavy atom. The van der Waals surface area contributed by atoms with E-state index in [2.05, 4.69) is 76.9 Å². The SMILES string of the molecule is Cc1ccc(Cc2cc(-c3ccccc3C)cn3ccnc23)nc1. The Labute approximate surface area is 141 Å². The highest BCUT2D eigenvalue weighted by molar-refractivity contribution is 5.70. The van der Waals surface area contributed by atoms with Crippen molar-refractivity contribution < 1.29 is 0 Å². The zero-order valence-electron chi connectivity index (χ0n) is 13.9. The molecule has 0 saturated heterocycles. The molecule has 3 aromatic heterocycles. The predicted molar refractivity (Wildman–Crippen MR) is 97.1 cm³/mol. The Bertz CT molecular complexity index is 997. The summed E-state index contributed by atoms with van der Waals surface area (Å²) in [6.45, 7) is 4.21. The standard InChI is InChI=1S/C21H19N3/c1-15-7-8-19(23-13-15)12-17-11-18(14-24-10-9-22-21(17)24)20-6-4-3-5-16(20)2/h3-11,13-14H,12H2,1-2H3. The van der Waals surface area contributed by atoms with E-state index in [-0.39, 0.29) is 0 Å². The van der Waals surface area contributed by atoms with Crippen molar-refractivity contribution in [3.63, 3.8) is 0 Å². The molecule has 0 unspecified atom stereocenters. The molecule has 0 aliphatic heterocycles. The molecule has 0 bridgehead atoms. The van der Waals surface area contributed by atoms with Crippen molar-refractivity contribution in [2.75, 3.05) is 0 Å². The van der Waals surface area contributed by atoms with Gasteiger partial charge in [-0.2, -0.15) is 0 Å². The predicted octanol–water partition coefficient (Wildman–Crippen LogP) is 4.60. The number of benzene rings is 1. The van der Waals surface area contributed by atoms with Crippen molar-refractivity contribution in [1.82, 2.24) is 14.4 Å². The van der Waals surface area contributed by atoms with Crippen LogP contribution < -0.4 is 0 Å². The lowest BCUT2D eigenvalue weighted by Crippen LogP contribution is -1.98. The third-order valence-corrected chi connectivity index (χ3v) is 4.36. The summed E-state index contributed by atoms with van der Waals surface area (Å²) in [4.78, 5) is 9.07. The lowest BCUT2D eigenvalue weighted by Gasteiger charge is -2.11. The summed E-state index contributed by atoms with van der Waals surface area (Å²) in [5.41, 5.74) is 8.17. The first-order chi connectivity index (χ1) is 11.7. The second kappa shape index (κ2) is 5.93. The Kier molecular flexibility index (Phi) is 3.62. The van der Waals surface area contributed by atoms with Crippen LogP contribution in [0.3, 0.4) is 0 Å². The van der Waals surface area contributed by atoms with E-state index < -0.39 is 0 Å². The van der Waals surface area contributed by atoms with Crippen LogP contribution in [0, 0.1) is 13.8 Å². The fourth-order valence-corrected chi connectivity index (χ4v) is 3.08. The largest absolute Gasteiger partial charge is 0.306 e. The molecule has 0 radical (unpaired) electrons. The van der Waals surface area contributed by atoms with Crippen LogP contribution in [0.5, 0.6) is 0 Å². The minimum Gasteiger partial charge on any atom is -0.306 e. The first kappa shape index (κ1) is 14.6.